The van der Waals surface area contributed by atoms with Gasteiger partial charge in [-0.3, -0.25) is 4.79 Å². The van der Waals surface area contributed by atoms with Crippen LogP contribution in [0.25, 0.3) is 0 Å². The highest BCUT2D eigenvalue weighted by Gasteiger charge is 2.30. The fourth-order valence-electron chi connectivity index (χ4n) is 4.41. The van der Waals surface area contributed by atoms with Crippen LogP contribution in [0.3, 0.4) is 0 Å². The predicted molar refractivity (Wildman–Crippen MR) is 112 cm³/mol. The van der Waals surface area contributed by atoms with Crippen LogP contribution in [-0.2, 0) is 11.2 Å². The first-order chi connectivity index (χ1) is 14.1. The number of carbonyl (C=O) groups is 1. The van der Waals surface area contributed by atoms with Crippen LogP contribution in [0.5, 0.6) is 11.9 Å². The third-order valence-electron chi connectivity index (χ3n) is 5.90. The van der Waals surface area contributed by atoms with Gasteiger partial charge in [-0.15, -0.1) is 0 Å². The molecule has 0 saturated carbocycles. The molecule has 2 aliphatic heterocycles. The van der Waals surface area contributed by atoms with Crippen molar-refractivity contribution in [1.82, 2.24) is 19.8 Å². The number of piperidine rings is 2. The van der Waals surface area contributed by atoms with E-state index in [1.54, 1.807) is 0 Å². The lowest BCUT2D eigenvalue weighted by Crippen LogP contribution is -2.50. The Labute approximate surface area is 174 Å². The van der Waals surface area contributed by atoms with E-state index in [4.69, 9.17) is 9.47 Å². The molecule has 0 radical (unpaired) electrons. The third kappa shape index (κ3) is 5.81. The van der Waals surface area contributed by atoms with Crippen molar-refractivity contribution in [3.05, 3.63) is 11.3 Å². The molecule has 2 saturated heterocycles. The van der Waals surface area contributed by atoms with Crippen molar-refractivity contribution in [2.75, 3.05) is 39.4 Å². The third-order valence-corrected chi connectivity index (χ3v) is 5.90. The molecule has 1 unspecified atom stereocenters. The minimum absolute atomic E-state index is 0.156. The van der Waals surface area contributed by atoms with Gasteiger partial charge in [-0.1, -0.05) is 6.42 Å². The van der Waals surface area contributed by atoms with Gasteiger partial charge in [0, 0.05) is 24.7 Å². The summed E-state index contributed by atoms with van der Waals surface area (Å²) in [6, 6.07) is 0.624. The van der Waals surface area contributed by atoms with E-state index in [1.165, 1.54) is 38.8 Å². The molecule has 3 rings (SSSR count). The molecule has 7 nitrogen and oxygen atoms in total. The standard InChI is InChI=1S/C22H36N4O3/c1-4-28-21-19(17(3)23-22(24-21)29-5-2)15-20(27)26-14-10-7-11-18(26)16-25-12-8-6-9-13-25/h18H,4-16H2,1-3H3. The number of rotatable bonds is 8. The van der Waals surface area contributed by atoms with Crippen molar-refractivity contribution in [2.24, 2.45) is 0 Å². The van der Waals surface area contributed by atoms with Gasteiger partial charge < -0.3 is 19.3 Å². The van der Waals surface area contributed by atoms with Crippen LogP contribution in [0.15, 0.2) is 0 Å². The Morgan fingerprint density at radius 2 is 1.72 bits per heavy atom. The van der Waals surface area contributed by atoms with Gasteiger partial charge in [0.2, 0.25) is 11.8 Å². The quantitative estimate of drug-likeness (QED) is 0.664. The molecule has 1 amide bonds. The van der Waals surface area contributed by atoms with Crippen LogP contribution in [0.4, 0.5) is 0 Å². The molecular weight excluding hydrogens is 368 g/mol. The summed E-state index contributed by atoms with van der Waals surface area (Å²) in [5.74, 6) is 0.630. The van der Waals surface area contributed by atoms with Crippen molar-refractivity contribution in [3.63, 3.8) is 0 Å². The topological polar surface area (TPSA) is 67.8 Å². The number of hydrogen-bond acceptors (Lipinski definition) is 6. The maximum atomic E-state index is 13.3. The van der Waals surface area contributed by atoms with Crippen molar-refractivity contribution >= 4 is 5.91 Å². The molecule has 0 aromatic carbocycles. The number of aromatic nitrogens is 2. The van der Waals surface area contributed by atoms with Gasteiger partial charge in [-0.05, 0) is 66.0 Å². The highest BCUT2D eigenvalue weighted by Crippen LogP contribution is 2.26. The summed E-state index contributed by atoms with van der Waals surface area (Å²) in [6.45, 7) is 10.9. The minimum Gasteiger partial charge on any atom is -0.478 e. The summed E-state index contributed by atoms with van der Waals surface area (Å²) in [4.78, 5) is 26.8. The smallest absolute Gasteiger partial charge is 0.319 e. The van der Waals surface area contributed by atoms with Gasteiger partial charge in [0.15, 0.2) is 0 Å². The number of ether oxygens (including phenoxy) is 2. The predicted octanol–water partition coefficient (Wildman–Crippen LogP) is 2.99. The van der Waals surface area contributed by atoms with E-state index in [0.717, 1.165) is 37.2 Å². The van der Waals surface area contributed by atoms with Gasteiger partial charge in [-0.25, -0.2) is 4.98 Å². The Hall–Kier alpha value is -1.89. The molecule has 162 valence electrons. The summed E-state index contributed by atoms with van der Waals surface area (Å²) in [7, 11) is 0. The molecule has 1 atom stereocenters. The second-order valence-corrected chi connectivity index (χ2v) is 8.02. The van der Waals surface area contributed by atoms with Crippen molar-refractivity contribution in [3.8, 4) is 11.9 Å². The highest BCUT2D eigenvalue weighted by atomic mass is 16.5. The normalized spacial score (nSPS) is 20.5. The second kappa shape index (κ2) is 10.8. The molecule has 3 heterocycles. The van der Waals surface area contributed by atoms with Crippen LogP contribution < -0.4 is 9.47 Å². The van der Waals surface area contributed by atoms with Crippen LogP contribution in [0.2, 0.25) is 0 Å². The second-order valence-electron chi connectivity index (χ2n) is 8.02. The summed E-state index contributed by atoms with van der Waals surface area (Å²) in [5.41, 5.74) is 1.53. The molecule has 0 N–H and O–H groups in total. The molecule has 0 spiro atoms. The number of likely N-dealkylation sites (tertiary alicyclic amines) is 2. The van der Waals surface area contributed by atoms with E-state index in [1.807, 2.05) is 20.8 Å². The van der Waals surface area contributed by atoms with E-state index in [9.17, 15) is 4.79 Å². The Bertz CT molecular complexity index is 676. The van der Waals surface area contributed by atoms with Crippen molar-refractivity contribution < 1.29 is 14.3 Å². The molecular formula is C22H36N4O3. The lowest BCUT2D eigenvalue weighted by atomic mass is 9.99. The van der Waals surface area contributed by atoms with Crippen molar-refractivity contribution in [1.29, 1.82) is 0 Å². The Balaban J connectivity index is 1.73. The van der Waals surface area contributed by atoms with E-state index >= 15 is 0 Å². The average molecular weight is 405 g/mol. The molecule has 2 aliphatic rings. The van der Waals surface area contributed by atoms with Gasteiger partial charge in [0.25, 0.3) is 0 Å². The van der Waals surface area contributed by atoms with Crippen molar-refractivity contribution in [2.45, 2.75) is 71.8 Å². The highest BCUT2D eigenvalue weighted by molar-refractivity contribution is 5.80. The first kappa shape index (κ1) is 21.8. The van der Waals surface area contributed by atoms with E-state index in [-0.39, 0.29) is 12.3 Å². The zero-order valence-electron chi connectivity index (χ0n) is 18.3. The monoisotopic (exact) mass is 404 g/mol. The van der Waals surface area contributed by atoms with Gasteiger partial charge in [0.05, 0.1) is 25.3 Å². The Kier molecular flexibility index (Phi) is 8.09. The number of carbonyl (C=O) groups excluding carboxylic acids is 1. The van der Waals surface area contributed by atoms with E-state index in [2.05, 4.69) is 19.8 Å². The maximum absolute atomic E-state index is 13.3. The van der Waals surface area contributed by atoms with E-state index in [0.29, 0.717) is 31.1 Å². The Morgan fingerprint density at radius 1 is 1.00 bits per heavy atom. The van der Waals surface area contributed by atoms with Gasteiger partial charge in [-0.2, -0.15) is 4.98 Å². The summed E-state index contributed by atoms with van der Waals surface area (Å²) in [5, 5.41) is 0. The Morgan fingerprint density at radius 3 is 2.45 bits per heavy atom. The minimum atomic E-state index is 0.156. The SMILES string of the molecule is CCOc1nc(C)c(CC(=O)N2CCCCC2CN2CCCCC2)c(OCC)n1. The van der Waals surface area contributed by atoms with E-state index < -0.39 is 0 Å². The number of nitrogens with zero attached hydrogens (tertiary/aromatic N) is 4. The first-order valence-corrected chi connectivity index (χ1v) is 11.3. The van der Waals surface area contributed by atoms with Gasteiger partial charge >= 0.3 is 6.01 Å². The zero-order valence-corrected chi connectivity index (χ0v) is 18.3. The summed E-state index contributed by atoms with van der Waals surface area (Å²) < 4.78 is 11.2. The lowest BCUT2D eigenvalue weighted by molar-refractivity contribution is -0.134. The van der Waals surface area contributed by atoms with Gasteiger partial charge in [0.1, 0.15) is 0 Å². The lowest BCUT2D eigenvalue weighted by Gasteiger charge is -2.40. The molecule has 0 bridgehead atoms. The van der Waals surface area contributed by atoms with Crippen LogP contribution in [0, 0.1) is 6.92 Å². The van der Waals surface area contributed by atoms with Crippen LogP contribution in [0.1, 0.15) is 63.6 Å². The maximum Gasteiger partial charge on any atom is 0.319 e. The number of amides is 1. The fourth-order valence-corrected chi connectivity index (χ4v) is 4.41. The first-order valence-electron chi connectivity index (χ1n) is 11.3. The number of aryl methyl sites for hydroxylation is 1. The molecule has 0 aliphatic carbocycles. The zero-order chi connectivity index (χ0) is 20.6. The van der Waals surface area contributed by atoms with Crippen LogP contribution in [-0.4, -0.2) is 71.1 Å². The van der Waals surface area contributed by atoms with Crippen LogP contribution >= 0.6 is 0 Å². The largest absolute Gasteiger partial charge is 0.478 e. The molecule has 2 fully saturated rings. The molecule has 29 heavy (non-hydrogen) atoms. The fraction of sp³-hybridized carbons (Fsp3) is 0.773. The summed E-state index contributed by atoms with van der Waals surface area (Å²) in [6.07, 6.45) is 7.56. The summed E-state index contributed by atoms with van der Waals surface area (Å²) >= 11 is 0. The number of hydrogen-bond donors (Lipinski definition) is 0. The molecule has 1 aromatic rings. The molecule has 7 heteroatoms. The average Bonchev–Trinajstić information content (AvgIpc) is 2.72. The molecule has 1 aromatic heterocycles.